The quantitative estimate of drug-likeness (QED) is 0.699. The number of ether oxygens (including phenoxy) is 2. The molecule has 0 radical (unpaired) electrons. The highest BCUT2D eigenvalue weighted by atomic mass is 16.5. The van der Waals surface area contributed by atoms with Gasteiger partial charge in [-0.1, -0.05) is 31.2 Å². The van der Waals surface area contributed by atoms with Crippen molar-refractivity contribution in [3.8, 4) is 34.1 Å². The third-order valence-electron chi connectivity index (χ3n) is 3.96. The minimum absolute atomic E-state index is 0.702. The molecule has 1 aromatic heterocycles. The Morgan fingerprint density at radius 1 is 0.917 bits per heavy atom. The predicted molar refractivity (Wildman–Crippen MR) is 95.4 cm³/mol. The molecule has 4 heteroatoms. The number of benzene rings is 2. The van der Waals surface area contributed by atoms with Gasteiger partial charge in [0.25, 0.3) is 0 Å². The van der Waals surface area contributed by atoms with Gasteiger partial charge in [-0.15, -0.1) is 0 Å². The van der Waals surface area contributed by atoms with Crippen LogP contribution in [0.5, 0.6) is 11.5 Å². The van der Waals surface area contributed by atoms with E-state index >= 15 is 0 Å². The van der Waals surface area contributed by atoms with E-state index in [9.17, 15) is 0 Å². The van der Waals surface area contributed by atoms with Gasteiger partial charge >= 0.3 is 0 Å². The molecule has 0 bridgehead atoms. The Labute approximate surface area is 142 Å². The van der Waals surface area contributed by atoms with Crippen LogP contribution in [-0.4, -0.2) is 24.2 Å². The van der Waals surface area contributed by atoms with E-state index in [1.165, 1.54) is 5.56 Å². The molecule has 1 heterocycles. The average molecular weight is 320 g/mol. The second kappa shape index (κ2) is 7.13. The van der Waals surface area contributed by atoms with Gasteiger partial charge < -0.3 is 9.47 Å². The van der Waals surface area contributed by atoms with E-state index in [2.05, 4.69) is 36.2 Å². The van der Waals surface area contributed by atoms with Crippen LogP contribution in [-0.2, 0) is 6.42 Å². The summed E-state index contributed by atoms with van der Waals surface area (Å²) in [5.41, 5.74) is 4.03. The van der Waals surface area contributed by atoms with Gasteiger partial charge in [-0.05, 0) is 30.2 Å². The molecule has 0 spiro atoms. The summed E-state index contributed by atoms with van der Waals surface area (Å²) in [6.07, 6.45) is 2.79. The standard InChI is InChI=1S/C20H20N2O2/c1-4-14-5-7-15(8-6-14)20-21-12-11-18(22-20)17-10-9-16(23-2)13-19(17)24-3/h5-13H,4H2,1-3H3. The van der Waals surface area contributed by atoms with Gasteiger partial charge in [0.15, 0.2) is 5.82 Å². The molecule has 3 rings (SSSR count). The maximum Gasteiger partial charge on any atom is 0.159 e. The van der Waals surface area contributed by atoms with Gasteiger partial charge in [-0.25, -0.2) is 9.97 Å². The first-order valence-corrected chi connectivity index (χ1v) is 7.90. The van der Waals surface area contributed by atoms with Crippen molar-refractivity contribution in [2.24, 2.45) is 0 Å². The zero-order valence-corrected chi connectivity index (χ0v) is 14.1. The fraction of sp³-hybridized carbons (Fsp3) is 0.200. The number of hydrogen-bond acceptors (Lipinski definition) is 4. The number of aryl methyl sites for hydroxylation is 1. The molecule has 0 fully saturated rings. The molecule has 0 atom stereocenters. The Balaban J connectivity index is 2.01. The van der Waals surface area contributed by atoms with Crippen LogP contribution in [0, 0.1) is 0 Å². The maximum absolute atomic E-state index is 5.48. The lowest BCUT2D eigenvalue weighted by Crippen LogP contribution is -1.95. The lowest BCUT2D eigenvalue weighted by molar-refractivity contribution is 0.395. The summed E-state index contributed by atoms with van der Waals surface area (Å²) in [5, 5.41) is 0. The molecule has 0 N–H and O–H groups in total. The molecule has 0 amide bonds. The summed E-state index contributed by atoms with van der Waals surface area (Å²) in [7, 11) is 3.28. The summed E-state index contributed by atoms with van der Waals surface area (Å²) in [6, 6.07) is 15.9. The summed E-state index contributed by atoms with van der Waals surface area (Å²) >= 11 is 0. The van der Waals surface area contributed by atoms with Crippen molar-refractivity contribution in [1.29, 1.82) is 0 Å². The fourth-order valence-corrected chi connectivity index (χ4v) is 2.55. The Bertz CT molecular complexity index is 829. The number of methoxy groups -OCH3 is 2. The molecule has 4 nitrogen and oxygen atoms in total. The van der Waals surface area contributed by atoms with Crippen molar-refractivity contribution < 1.29 is 9.47 Å². The van der Waals surface area contributed by atoms with Gasteiger partial charge in [0.05, 0.1) is 19.9 Å². The van der Waals surface area contributed by atoms with Crippen LogP contribution in [0.1, 0.15) is 12.5 Å². The SMILES string of the molecule is CCc1ccc(-c2nccc(-c3ccc(OC)cc3OC)n2)cc1. The van der Waals surface area contributed by atoms with Crippen molar-refractivity contribution in [2.75, 3.05) is 14.2 Å². The molecule has 0 saturated carbocycles. The fourth-order valence-electron chi connectivity index (χ4n) is 2.55. The lowest BCUT2D eigenvalue weighted by Gasteiger charge is -2.11. The zero-order valence-electron chi connectivity index (χ0n) is 14.1. The molecular weight excluding hydrogens is 300 g/mol. The molecule has 0 saturated heterocycles. The number of hydrogen-bond donors (Lipinski definition) is 0. The molecular formula is C20H20N2O2. The lowest BCUT2D eigenvalue weighted by atomic mass is 10.1. The topological polar surface area (TPSA) is 44.2 Å². The highest BCUT2D eigenvalue weighted by Gasteiger charge is 2.10. The Morgan fingerprint density at radius 2 is 1.71 bits per heavy atom. The van der Waals surface area contributed by atoms with E-state index in [4.69, 9.17) is 14.5 Å². The molecule has 122 valence electrons. The molecule has 2 aromatic carbocycles. The second-order valence-electron chi connectivity index (χ2n) is 5.38. The highest BCUT2D eigenvalue weighted by molar-refractivity contribution is 5.70. The van der Waals surface area contributed by atoms with Gasteiger partial charge in [0, 0.05) is 23.4 Å². The van der Waals surface area contributed by atoms with E-state index in [0.717, 1.165) is 34.7 Å². The highest BCUT2D eigenvalue weighted by Crippen LogP contribution is 2.32. The monoisotopic (exact) mass is 320 g/mol. The first-order chi connectivity index (χ1) is 11.7. The average Bonchev–Trinajstić information content (AvgIpc) is 2.67. The Morgan fingerprint density at radius 3 is 2.38 bits per heavy atom. The summed E-state index contributed by atoms with van der Waals surface area (Å²) in [5.74, 6) is 2.17. The zero-order chi connectivity index (χ0) is 16.9. The van der Waals surface area contributed by atoms with Crippen molar-refractivity contribution in [2.45, 2.75) is 13.3 Å². The number of rotatable bonds is 5. The second-order valence-corrected chi connectivity index (χ2v) is 5.38. The smallest absolute Gasteiger partial charge is 0.159 e. The molecule has 0 aliphatic carbocycles. The van der Waals surface area contributed by atoms with Crippen LogP contribution >= 0.6 is 0 Å². The predicted octanol–water partition coefficient (Wildman–Crippen LogP) is 4.39. The summed E-state index contributed by atoms with van der Waals surface area (Å²) in [6.45, 7) is 2.14. The summed E-state index contributed by atoms with van der Waals surface area (Å²) < 4.78 is 10.7. The normalized spacial score (nSPS) is 10.5. The number of aromatic nitrogens is 2. The molecule has 0 aliphatic heterocycles. The van der Waals surface area contributed by atoms with Crippen LogP contribution in [0.15, 0.2) is 54.7 Å². The van der Waals surface area contributed by atoms with Crippen LogP contribution < -0.4 is 9.47 Å². The molecule has 0 unspecified atom stereocenters. The van der Waals surface area contributed by atoms with E-state index < -0.39 is 0 Å². The van der Waals surface area contributed by atoms with Crippen LogP contribution in [0.25, 0.3) is 22.6 Å². The van der Waals surface area contributed by atoms with Gasteiger partial charge in [0.1, 0.15) is 11.5 Å². The summed E-state index contributed by atoms with van der Waals surface area (Å²) in [4.78, 5) is 9.10. The van der Waals surface area contributed by atoms with E-state index in [-0.39, 0.29) is 0 Å². The van der Waals surface area contributed by atoms with Gasteiger partial charge in [-0.3, -0.25) is 0 Å². The van der Waals surface area contributed by atoms with Crippen molar-refractivity contribution in [3.05, 3.63) is 60.3 Å². The van der Waals surface area contributed by atoms with Gasteiger partial charge in [-0.2, -0.15) is 0 Å². The first kappa shape index (κ1) is 16.0. The third kappa shape index (κ3) is 3.23. The van der Waals surface area contributed by atoms with Crippen molar-refractivity contribution in [3.63, 3.8) is 0 Å². The molecule has 24 heavy (non-hydrogen) atoms. The minimum atomic E-state index is 0.702. The number of nitrogens with zero attached hydrogens (tertiary/aromatic N) is 2. The van der Waals surface area contributed by atoms with E-state index in [1.54, 1.807) is 20.4 Å². The van der Waals surface area contributed by atoms with E-state index in [0.29, 0.717) is 5.82 Å². The van der Waals surface area contributed by atoms with Crippen molar-refractivity contribution >= 4 is 0 Å². The van der Waals surface area contributed by atoms with Crippen LogP contribution in [0.4, 0.5) is 0 Å². The van der Waals surface area contributed by atoms with E-state index in [1.807, 2.05) is 24.3 Å². The maximum atomic E-state index is 5.48. The van der Waals surface area contributed by atoms with Crippen LogP contribution in [0.2, 0.25) is 0 Å². The largest absolute Gasteiger partial charge is 0.497 e. The minimum Gasteiger partial charge on any atom is -0.497 e. The molecule has 0 aliphatic rings. The third-order valence-corrected chi connectivity index (χ3v) is 3.96. The Hall–Kier alpha value is -2.88. The van der Waals surface area contributed by atoms with Gasteiger partial charge in [0.2, 0.25) is 0 Å². The van der Waals surface area contributed by atoms with Crippen molar-refractivity contribution in [1.82, 2.24) is 9.97 Å². The molecule has 3 aromatic rings. The first-order valence-electron chi connectivity index (χ1n) is 7.90. The van der Waals surface area contributed by atoms with Crippen LogP contribution in [0.3, 0.4) is 0 Å². The Kier molecular flexibility index (Phi) is 4.75.